The fourth-order valence-corrected chi connectivity index (χ4v) is 5.18. The summed E-state index contributed by atoms with van der Waals surface area (Å²) in [5, 5.41) is 21.2. The van der Waals surface area contributed by atoms with Crippen molar-refractivity contribution in [1.29, 1.82) is 0 Å². The van der Waals surface area contributed by atoms with Crippen LogP contribution in [0.15, 0.2) is 48.5 Å². The number of carbonyl (C=O) groups is 3. The number of ether oxygens (including phenoxy) is 1. The number of nitrogens with one attached hydrogen (secondary N) is 1. The fraction of sp³-hybridized carbons (Fsp3) is 0.423. The highest BCUT2D eigenvalue weighted by Gasteiger charge is 2.36. The van der Waals surface area contributed by atoms with Gasteiger partial charge in [0, 0.05) is 18.5 Å². The van der Waals surface area contributed by atoms with Crippen LogP contribution in [-0.2, 0) is 14.3 Å². The van der Waals surface area contributed by atoms with E-state index in [0.717, 1.165) is 40.0 Å². The number of hydrogen-bond donors (Lipinski definition) is 3. The first-order chi connectivity index (χ1) is 16.5. The van der Waals surface area contributed by atoms with Crippen LogP contribution in [0.4, 0.5) is 4.79 Å². The lowest BCUT2D eigenvalue weighted by Gasteiger charge is -2.34. The van der Waals surface area contributed by atoms with Gasteiger partial charge in [-0.25, -0.2) is 4.79 Å². The topological polar surface area (TPSA) is 116 Å². The first-order valence-corrected chi connectivity index (χ1v) is 11.7. The number of benzene rings is 2. The Morgan fingerprint density at radius 3 is 2.21 bits per heavy atom. The van der Waals surface area contributed by atoms with E-state index in [1.54, 1.807) is 0 Å². The Kier molecular flexibility index (Phi) is 7.47. The molecule has 180 valence electrons. The van der Waals surface area contributed by atoms with Crippen molar-refractivity contribution in [3.8, 4) is 11.1 Å². The molecule has 0 bridgehead atoms. The quantitative estimate of drug-likeness (QED) is 0.551. The maximum Gasteiger partial charge on any atom is 0.407 e. The number of carbonyl (C=O) groups excluding carboxylic acids is 2. The summed E-state index contributed by atoms with van der Waals surface area (Å²) in [6.45, 7) is -0.677. The fourth-order valence-electron chi connectivity index (χ4n) is 5.18. The third kappa shape index (κ3) is 5.07. The Bertz CT molecular complexity index is 1010. The Hall–Kier alpha value is -3.39. The van der Waals surface area contributed by atoms with Crippen molar-refractivity contribution < 1.29 is 29.3 Å². The van der Waals surface area contributed by atoms with E-state index >= 15 is 0 Å². The molecular weight excluding hydrogens is 436 g/mol. The maximum atomic E-state index is 13.0. The molecule has 2 aliphatic carbocycles. The number of carboxylic acids is 1. The number of amides is 2. The van der Waals surface area contributed by atoms with Gasteiger partial charge in [-0.1, -0.05) is 61.4 Å². The molecule has 8 nitrogen and oxygen atoms in total. The van der Waals surface area contributed by atoms with Gasteiger partial charge in [-0.3, -0.25) is 9.59 Å². The summed E-state index contributed by atoms with van der Waals surface area (Å²) >= 11 is 0. The molecule has 1 saturated carbocycles. The molecule has 2 aromatic carbocycles. The van der Waals surface area contributed by atoms with E-state index in [-0.39, 0.29) is 31.6 Å². The van der Waals surface area contributed by atoms with E-state index in [9.17, 15) is 19.5 Å². The Morgan fingerprint density at radius 2 is 1.59 bits per heavy atom. The number of aliphatic hydroxyl groups excluding tert-OH is 1. The van der Waals surface area contributed by atoms with Gasteiger partial charge in [-0.05, 0) is 35.1 Å². The number of hydrogen-bond acceptors (Lipinski definition) is 5. The smallest absolute Gasteiger partial charge is 0.407 e. The summed E-state index contributed by atoms with van der Waals surface area (Å²) in [5.41, 5.74) is 4.53. The summed E-state index contributed by atoms with van der Waals surface area (Å²) in [6.07, 6.45) is 2.25. The summed E-state index contributed by atoms with van der Waals surface area (Å²) in [7, 11) is 0. The molecule has 2 atom stereocenters. The molecule has 1 fully saturated rings. The van der Waals surface area contributed by atoms with Crippen LogP contribution in [0, 0.1) is 5.92 Å². The average molecular weight is 467 g/mol. The Labute approximate surface area is 198 Å². The van der Waals surface area contributed by atoms with Crippen LogP contribution in [-0.4, -0.2) is 65.4 Å². The number of alkyl carbamates (subject to hydrolysis) is 1. The zero-order valence-corrected chi connectivity index (χ0v) is 19.0. The SMILES string of the molecule is O=C(O)CN(CCO)C(=O)[C@@H]1CCCC[C@@H]1NC(=O)OCC1c2ccccc2-c2ccccc21. The highest BCUT2D eigenvalue weighted by Crippen LogP contribution is 2.44. The first kappa shape index (κ1) is 23.8. The van der Waals surface area contributed by atoms with E-state index in [2.05, 4.69) is 29.6 Å². The molecule has 8 heteroatoms. The largest absolute Gasteiger partial charge is 0.480 e. The third-order valence-corrected chi connectivity index (χ3v) is 6.74. The molecular formula is C26H30N2O6. The van der Waals surface area contributed by atoms with Gasteiger partial charge >= 0.3 is 12.1 Å². The van der Waals surface area contributed by atoms with Gasteiger partial charge in [0.1, 0.15) is 13.2 Å². The van der Waals surface area contributed by atoms with Gasteiger partial charge in [0.05, 0.1) is 12.5 Å². The molecule has 3 N–H and O–H groups in total. The minimum atomic E-state index is -1.14. The highest BCUT2D eigenvalue weighted by atomic mass is 16.5. The molecule has 0 radical (unpaired) electrons. The van der Waals surface area contributed by atoms with Crippen LogP contribution in [0.2, 0.25) is 0 Å². The van der Waals surface area contributed by atoms with Crippen molar-refractivity contribution in [2.24, 2.45) is 5.92 Å². The van der Waals surface area contributed by atoms with Crippen LogP contribution in [0.25, 0.3) is 11.1 Å². The lowest BCUT2D eigenvalue weighted by molar-refractivity contribution is -0.147. The lowest BCUT2D eigenvalue weighted by Crippen LogP contribution is -2.51. The van der Waals surface area contributed by atoms with Gasteiger partial charge in [-0.15, -0.1) is 0 Å². The molecule has 0 aliphatic heterocycles. The van der Waals surface area contributed by atoms with Crippen molar-refractivity contribution in [2.45, 2.75) is 37.6 Å². The summed E-state index contributed by atoms with van der Waals surface area (Å²) < 4.78 is 5.63. The van der Waals surface area contributed by atoms with E-state index in [4.69, 9.17) is 9.84 Å². The molecule has 0 unspecified atom stereocenters. The predicted molar refractivity (Wildman–Crippen MR) is 125 cm³/mol. The van der Waals surface area contributed by atoms with Crippen LogP contribution < -0.4 is 5.32 Å². The number of aliphatic carboxylic acids is 1. The Morgan fingerprint density at radius 1 is 0.971 bits per heavy atom. The lowest BCUT2D eigenvalue weighted by atomic mass is 9.83. The van der Waals surface area contributed by atoms with Crippen molar-refractivity contribution in [1.82, 2.24) is 10.2 Å². The molecule has 4 rings (SSSR count). The van der Waals surface area contributed by atoms with E-state index in [0.29, 0.717) is 12.8 Å². The molecule has 0 spiro atoms. The van der Waals surface area contributed by atoms with Crippen LogP contribution in [0.1, 0.15) is 42.7 Å². The van der Waals surface area contributed by atoms with E-state index < -0.39 is 30.6 Å². The molecule has 0 heterocycles. The van der Waals surface area contributed by atoms with Gasteiger partial charge in [0.15, 0.2) is 0 Å². The van der Waals surface area contributed by atoms with Crippen molar-refractivity contribution >= 4 is 18.0 Å². The van der Waals surface area contributed by atoms with Crippen LogP contribution >= 0.6 is 0 Å². The maximum absolute atomic E-state index is 13.0. The average Bonchev–Trinajstić information content (AvgIpc) is 3.16. The number of carboxylic acid groups (broad SMARTS) is 1. The van der Waals surface area contributed by atoms with Gasteiger partial charge in [-0.2, -0.15) is 0 Å². The van der Waals surface area contributed by atoms with E-state index in [1.807, 2.05) is 24.3 Å². The molecule has 34 heavy (non-hydrogen) atoms. The number of nitrogens with zero attached hydrogens (tertiary/aromatic N) is 1. The number of rotatable bonds is 8. The summed E-state index contributed by atoms with van der Waals surface area (Å²) in [4.78, 5) is 38.1. The molecule has 0 aromatic heterocycles. The highest BCUT2D eigenvalue weighted by molar-refractivity contribution is 5.84. The third-order valence-electron chi connectivity index (χ3n) is 6.74. The number of aliphatic hydroxyl groups is 1. The van der Waals surface area contributed by atoms with Gasteiger partial charge in [0.2, 0.25) is 5.91 Å². The standard InChI is InChI=1S/C26H30N2O6/c29-14-13-28(15-24(30)31)25(32)21-11-5-6-12-23(21)27-26(33)34-16-22-19-9-3-1-7-17(19)18-8-2-4-10-20(18)22/h1-4,7-10,21-23,29H,5-6,11-16H2,(H,27,33)(H,30,31)/t21-,23+/m1/s1. The normalized spacial score (nSPS) is 19.1. The minimum Gasteiger partial charge on any atom is -0.480 e. The van der Waals surface area contributed by atoms with Crippen molar-refractivity contribution in [2.75, 3.05) is 26.3 Å². The first-order valence-electron chi connectivity index (χ1n) is 11.7. The van der Waals surface area contributed by atoms with Crippen LogP contribution in [0.3, 0.4) is 0 Å². The predicted octanol–water partition coefficient (Wildman–Crippen LogP) is 2.99. The van der Waals surface area contributed by atoms with Crippen molar-refractivity contribution in [3.05, 3.63) is 59.7 Å². The monoisotopic (exact) mass is 466 g/mol. The second-order valence-electron chi connectivity index (χ2n) is 8.84. The minimum absolute atomic E-state index is 0.0563. The zero-order valence-electron chi connectivity index (χ0n) is 19.0. The molecule has 2 aliphatic rings. The van der Waals surface area contributed by atoms with Gasteiger partial charge < -0.3 is 25.2 Å². The van der Waals surface area contributed by atoms with Crippen LogP contribution in [0.5, 0.6) is 0 Å². The van der Waals surface area contributed by atoms with Crippen molar-refractivity contribution in [3.63, 3.8) is 0 Å². The molecule has 2 amide bonds. The van der Waals surface area contributed by atoms with E-state index in [1.165, 1.54) is 0 Å². The second kappa shape index (κ2) is 10.7. The van der Waals surface area contributed by atoms with Gasteiger partial charge in [0.25, 0.3) is 0 Å². The molecule has 0 saturated heterocycles. The summed E-state index contributed by atoms with van der Waals surface area (Å²) in [5.74, 6) is -2.10. The number of fused-ring (bicyclic) bond motifs is 3. The molecule has 2 aromatic rings. The zero-order chi connectivity index (χ0) is 24.1. The Balaban J connectivity index is 1.41. The second-order valence-corrected chi connectivity index (χ2v) is 8.84. The summed E-state index contributed by atoms with van der Waals surface area (Å²) in [6, 6.07) is 15.8.